The van der Waals surface area contributed by atoms with E-state index in [9.17, 15) is 4.79 Å². The van der Waals surface area contributed by atoms with Gasteiger partial charge in [-0.2, -0.15) is 0 Å². The fourth-order valence-corrected chi connectivity index (χ4v) is 1.40. The molecule has 0 bridgehead atoms. The molecule has 1 rings (SSSR count). The molecule has 88 valence electrons. The largest absolute Gasteiger partial charge is 0.380 e. The first-order chi connectivity index (χ1) is 7.65. The highest BCUT2D eigenvalue weighted by atomic mass is 16.5. The van der Waals surface area contributed by atoms with Crippen molar-refractivity contribution in [3.63, 3.8) is 0 Å². The molecule has 0 aliphatic carbocycles. The van der Waals surface area contributed by atoms with Gasteiger partial charge in [-0.05, 0) is 24.6 Å². The van der Waals surface area contributed by atoms with Crippen LogP contribution in [0.4, 0.5) is 5.69 Å². The number of methoxy groups -OCH3 is 1. The van der Waals surface area contributed by atoms with Crippen molar-refractivity contribution in [2.45, 2.75) is 19.4 Å². The highest BCUT2D eigenvalue weighted by Gasteiger charge is 2.11. The van der Waals surface area contributed by atoms with Crippen LogP contribution in [0.2, 0.25) is 0 Å². The summed E-state index contributed by atoms with van der Waals surface area (Å²) in [7, 11) is 1.55. The zero-order valence-corrected chi connectivity index (χ0v) is 9.69. The van der Waals surface area contributed by atoms with E-state index in [0.717, 1.165) is 11.3 Å². The summed E-state index contributed by atoms with van der Waals surface area (Å²) in [6.45, 7) is 2.32. The first kappa shape index (κ1) is 12.7. The van der Waals surface area contributed by atoms with Crippen molar-refractivity contribution in [1.29, 1.82) is 0 Å². The van der Waals surface area contributed by atoms with Crippen LogP contribution in [0.3, 0.4) is 0 Å². The van der Waals surface area contributed by atoms with E-state index in [1.807, 2.05) is 31.2 Å². The van der Waals surface area contributed by atoms with Crippen LogP contribution < -0.4 is 11.1 Å². The van der Waals surface area contributed by atoms with Crippen LogP contribution >= 0.6 is 0 Å². The third-order valence-corrected chi connectivity index (χ3v) is 2.31. The van der Waals surface area contributed by atoms with Crippen molar-refractivity contribution < 1.29 is 9.53 Å². The molecule has 16 heavy (non-hydrogen) atoms. The van der Waals surface area contributed by atoms with Gasteiger partial charge in [-0.1, -0.05) is 12.1 Å². The number of ether oxygens (including phenoxy) is 1. The summed E-state index contributed by atoms with van der Waals surface area (Å²) in [5.74, 6) is -0.0806. The molecular weight excluding hydrogens is 204 g/mol. The maximum absolute atomic E-state index is 11.6. The fourth-order valence-electron chi connectivity index (χ4n) is 1.40. The monoisotopic (exact) mass is 222 g/mol. The highest BCUT2D eigenvalue weighted by molar-refractivity contribution is 5.91. The van der Waals surface area contributed by atoms with Gasteiger partial charge in [-0.3, -0.25) is 4.79 Å². The molecule has 1 aromatic carbocycles. The standard InChI is InChI=1S/C12H18N2O2/c1-9-4-3-5-10(6-9)14-12(15)7-11(8-13)16-2/h3-6,11H,7-8,13H2,1-2H3,(H,14,15). The van der Waals surface area contributed by atoms with Crippen molar-refractivity contribution in [3.05, 3.63) is 29.8 Å². The summed E-state index contributed by atoms with van der Waals surface area (Å²) < 4.78 is 5.05. The minimum atomic E-state index is -0.218. The summed E-state index contributed by atoms with van der Waals surface area (Å²) in [5, 5.41) is 2.81. The van der Waals surface area contributed by atoms with Gasteiger partial charge < -0.3 is 15.8 Å². The Morgan fingerprint density at radius 2 is 2.31 bits per heavy atom. The van der Waals surface area contributed by atoms with Gasteiger partial charge in [0.1, 0.15) is 0 Å². The molecule has 1 unspecified atom stereocenters. The summed E-state index contributed by atoms with van der Waals surface area (Å²) in [6.07, 6.45) is 0.0609. The molecule has 0 aromatic heterocycles. The Hall–Kier alpha value is -1.39. The van der Waals surface area contributed by atoms with Crippen LogP contribution in [-0.2, 0) is 9.53 Å². The number of carbonyl (C=O) groups excluding carboxylic acids is 1. The summed E-state index contributed by atoms with van der Waals surface area (Å²) >= 11 is 0. The SMILES string of the molecule is COC(CN)CC(=O)Nc1cccc(C)c1. The molecule has 4 heteroatoms. The normalized spacial score (nSPS) is 12.2. The lowest BCUT2D eigenvalue weighted by atomic mass is 10.2. The lowest BCUT2D eigenvalue weighted by Crippen LogP contribution is -2.28. The van der Waals surface area contributed by atoms with E-state index in [4.69, 9.17) is 10.5 Å². The van der Waals surface area contributed by atoms with Crippen molar-refractivity contribution in [2.75, 3.05) is 19.0 Å². The third-order valence-electron chi connectivity index (χ3n) is 2.31. The Morgan fingerprint density at radius 1 is 1.56 bits per heavy atom. The number of anilines is 1. The minimum Gasteiger partial charge on any atom is -0.380 e. The van der Waals surface area contributed by atoms with E-state index in [-0.39, 0.29) is 18.4 Å². The zero-order valence-electron chi connectivity index (χ0n) is 9.69. The number of benzene rings is 1. The molecule has 1 amide bonds. The molecule has 3 N–H and O–H groups in total. The Bertz CT molecular complexity index is 349. The van der Waals surface area contributed by atoms with Crippen molar-refractivity contribution in [1.82, 2.24) is 0 Å². The van der Waals surface area contributed by atoms with Crippen molar-refractivity contribution in [3.8, 4) is 0 Å². The van der Waals surface area contributed by atoms with Gasteiger partial charge in [0, 0.05) is 19.3 Å². The molecule has 0 saturated heterocycles. The van der Waals surface area contributed by atoms with Gasteiger partial charge in [-0.15, -0.1) is 0 Å². The number of carbonyl (C=O) groups is 1. The topological polar surface area (TPSA) is 64.3 Å². The molecule has 0 aliphatic rings. The second-order valence-corrected chi connectivity index (χ2v) is 3.72. The van der Waals surface area contributed by atoms with E-state index in [2.05, 4.69) is 5.32 Å². The number of nitrogens with two attached hydrogens (primary N) is 1. The average molecular weight is 222 g/mol. The molecule has 1 aromatic rings. The van der Waals surface area contributed by atoms with E-state index in [0.29, 0.717) is 6.54 Å². The Labute approximate surface area is 95.8 Å². The maximum Gasteiger partial charge on any atom is 0.227 e. The molecule has 0 aliphatic heterocycles. The first-order valence-corrected chi connectivity index (χ1v) is 5.25. The highest BCUT2D eigenvalue weighted by Crippen LogP contribution is 2.10. The number of aryl methyl sites for hydroxylation is 1. The van der Waals surface area contributed by atoms with Crippen LogP contribution in [0.1, 0.15) is 12.0 Å². The smallest absolute Gasteiger partial charge is 0.227 e. The van der Waals surface area contributed by atoms with Gasteiger partial charge in [0.2, 0.25) is 5.91 Å². The summed E-state index contributed by atoms with van der Waals surface area (Å²) in [4.78, 5) is 11.6. The molecule has 0 saturated carbocycles. The lowest BCUT2D eigenvalue weighted by Gasteiger charge is -2.12. The molecule has 0 fully saturated rings. The van der Waals surface area contributed by atoms with E-state index >= 15 is 0 Å². The Kier molecular flexibility index (Phi) is 4.95. The van der Waals surface area contributed by atoms with Crippen LogP contribution in [-0.4, -0.2) is 25.7 Å². The quantitative estimate of drug-likeness (QED) is 0.789. The van der Waals surface area contributed by atoms with Gasteiger partial charge in [-0.25, -0.2) is 0 Å². The number of rotatable bonds is 5. The molecule has 0 spiro atoms. The number of nitrogens with one attached hydrogen (secondary N) is 1. The molecule has 0 radical (unpaired) electrons. The predicted molar refractivity (Wildman–Crippen MR) is 64.3 cm³/mol. The number of hydrogen-bond donors (Lipinski definition) is 2. The van der Waals surface area contributed by atoms with E-state index < -0.39 is 0 Å². The minimum absolute atomic E-state index is 0.0806. The number of amides is 1. The fraction of sp³-hybridized carbons (Fsp3) is 0.417. The van der Waals surface area contributed by atoms with Crippen molar-refractivity contribution >= 4 is 11.6 Å². The van der Waals surface area contributed by atoms with Crippen LogP contribution in [0.25, 0.3) is 0 Å². The Balaban J connectivity index is 2.51. The summed E-state index contributed by atoms with van der Waals surface area (Å²) in [6, 6.07) is 7.66. The predicted octanol–water partition coefficient (Wildman–Crippen LogP) is 1.30. The maximum atomic E-state index is 11.6. The third kappa shape index (κ3) is 4.00. The van der Waals surface area contributed by atoms with Gasteiger partial charge >= 0.3 is 0 Å². The Morgan fingerprint density at radius 3 is 2.88 bits per heavy atom. The van der Waals surface area contributed by atoms with Crippen LogP contribution in [0.15, 0.2) is 24.3 Å². The summed E-state index contributed by atoms with van der Waals surface area (Å²) in [5.41, 5.74) is 7.36. The second-order valence-electron chi connectivity index (χ2n) is 3.72. The molecule has 0 heterocycles. The van der Waals surface area contributed by atoms with E-state index in [1.54, 1.807) is 7.11 Å². The lowest BCUT2D eigenvalue weighted by molar-refractivity contribution is -0.118. The van der Waals surface area contributed by atoms with Gasteiger partial charge in [0.05, 0.1) is 12.5 Å². The molecular formula is C12H18N2O2. The average Bonchev–Trinajstić information content (AvgIpc) is 2.26. The van der Waals surface area contributed by atoms with Crippen LogP contribution in [0.5, 0.6) is 0 Å². The zero-order chi connectivity index (χ0) is 12.0. The van der Waals surface area contributed by atoms with Crippen LogP contribution in [0, 0.1) is 6.92 Å². The van der Waals surface area contributed by atoms with E-state index in [1.165, 1.54) is 0 Å². The van der Waals surface area contributed by atoms with Gasteiger partial charge in [0.15, 0.2) is 0 Å². The first-order valence-electron chi connectivity index (χ1n) is 5.25. The second kappa shape index (κ2) is 6.25. The van der Waals surface area contributed by atoms with Gasteiger partial charge in [0.25, 0.3) is 0 Å². The number of hydrogen-bond acceptors (Lipinski definition) is 3. The van der Waals surface area contributed by atoms with Crippen molar-refractivity contribution in [2.24, 2.45) is 5.73 Å². The molecule has 4 nitrogen and oxygen atoms in total. The molecule has 1 atom stereocenters.